The highest BCUT2D eigenvalue weighted by Gasteiger charge is 2.34. The lowest BCUT2D eigenvalue weighted by Gasteiger charge is -2.11. The number of nitrogens with one attached hydrogen (secondary N) is 1. The Bertz CT molecular complexity index is 304. The average Bonchev–Trinajstić information content (AvgIpc) is 2.69. The van der Waals surface area contributed by atoms with Gasteiger partial charge < -0.3 is 5.32 Å². The van der Waals surface area contributed by atoms with E-state index in [4.69, 9.17) is 0 Å². The Morgan fingerprint density at radius 3 is 2.24 bits per heavy atom. The van der Waals surface area contributed by atoms with Gasteiger partial charge in [-0.3, -0.25) is 19.3 Å². The molecule has 1 N–H and O–H groups in total. The van der Waals surface area contributed by atoms with Crippen molar-refractivity contribution in [3.63, 3.8) is 0 Å². The van der Waals surface area contributed by atoms with Crippen LogP contribution in [0, 0.1) is 11.8 Å². The van der Waals surface area contributed by atoms with E-state index in [-0.39, 0.29) is 17.7 Å². The first-order chi connectivity index (χ1) is 9.93. The van der Waals surface area contributed by atoms with Gasteiger partial charge in [0.05, 0.1) is 0 Å². The van der Waals surface area contributed by atoms with Crippen LogP contribution in [-0.2, 0) is 14.4 Å². The zero-order valence-corrected chi connectivity index (χ0v) is 14.4. The molecule has 1 atom stereocenters. The van der Waals surface area contributed by atoms with Gasteiger partial charge in [0.2, 0.25) is 18.2 Å². The fourth-order valence-corrected chi connectivity index (χ4v) is 1.74. The Kier molecular flexibility index (Phi) is 14.2. The molecule has 1 fully saturated rings. The molecule has 0 aromatic rings. The summed E-state index contributed by atoms with van der Waals surface area (Å²) in [5.41, 5.74) is 0. The Balaban J connectivity index is 0. The molecule has 5 nitrogen and oxygen atoms in total. The normalized spacial score (nSPS) is 16.9. The second-order valence-corrected chi connectivity index (χ2v) is 5.24. The average molecular weight is 300 g/mol. The van der Waals surface area contributed by atoms with Crippen molar-refractivity contribution in [2.24, 2.45) is 11.8 Å². The Hall–Kier alpha value is -1.39. The van der Waals surface area contributed by atoms with E-state index >= 15 is 0 Å². The van der Waals surface area contributed by atoms with Crippen LogP contribution >= 0.6 is 0 Å². The van der Waals surface area contributed by atoms with Crippen molar-refractivity contribution in [2.45, 2.75) is 60.8 Å². The van der Waals surface area contributed by atoms with Crippen molar-refractivity contribution < 1.29 is 14.4 Å². The molecule has 0 bridgehead atoms. The summed E-state index contributed by atoms with van der Waals surface area (Å²) in [4.78, 5) is 33.3. The van der Waals surface area contributed by atoms with Crippen molar-refractivity contribution in [2.75, 3.05) is 13.1 Å². The van der Waals surface area contributed by atoms with Crippen LogP contribution in [0.1, 0.15) is 60.8 Å². The van der Waals surface area contributed by atoms with E-state index in [1.807, 2.05) is 20.8 Å². The third-order valence-corrected chi connectivity index (χ3v) is 2.87. The van der Waals surface area contributed by atoms with Crippen molar-refractivity contribution >= 4 is 18.2 Å². The largest absolute Gasteiger partial charge is 0.359 e. The fraction of sp³-hybridized carbons (Fsp3) is 0.812. The van der Waals surface area contributed by atoms with E-state index in [1.165, 1.54) is 4.90 Å². The monoisotopic (exact) mass is 300 g/mol. The third-order valence-electron chi connectivity index (χ3n) is 2.87. The molecular formula is C16H32N2O3. The van der Waals surface area contributed by atoms with Crippen molar-refractivity contribution in [1.29, 1.82) is 0 Å². The first kappa shape index (κ1) is 21.9. The molecule has 0 aromatic heterocycles. The molecule has 1 saturated heterocycles. The van der Waals surface area contributed by atoms with Crippen molar-refractivity contribution in [3.05, 3.63) is 0 Å². The highest BCUT2D eigenvalue weighted by atomic mass is 16.2. The molecule has 1 aliphatic rings. The van der Waals surface area contributed by atoms with E-state index in [1.54, 1.807) is 6.92 Å². The Labute approximate surface area is 129 Å². The van der Waals surface area contributed by atoms with Gasteiger partial charge >= 0.3 is 0 Å². The zero-order valence-electron chi connectivity index (χ0n) is 14.4. The maximum Gasteiger partial charge on any atom is 0.232 e. The van der Waals surface area contributed by atoms with Gasteiger partial charge in [-0.2, -0.15) is 0 Å². The number of carbonyl (C=O) groups excluding carboxylic acids is 3. The molecule has 1 aliphatic heterocycles. The maximum atomic E-state index is 11.2. The molecule has 1 unspecified atom stereocenters. The summed E-state index contributed by atoms with van der Waals surface area (Å²) < 4.78 is 0. The molecule has 0 radical (unpaired) electrons. The molecule has 0 spiro atoms. The van der Waals surface area contributed by atoms with Crippen LogP contribution in [0.3, 0.4) is 0 Å². The van der Waals surface area contributed by atoms with E-state index in [0.717, 1.165) is 25.8 Å². The van der Waals surface area contributed by atoms with Crippen LogP contribution in [-0.4, -0.2) is 36.2 Å². The van der Waals surface area contributed by atoms with E-state index in [2.05, 4.69) is 19.2 Å². The second kappa shape index (κ2) is 13.6. The number of nitrogens with zero attached hydrogens (tertiary/aromatic N) is 1. The molecule has 1 rings (SSSR count). The summed E-state index contributed by atoms with van der Waals surface area (Å²) in [6.07, 6.45) is 3.06. The smallest absolute Gasteiger partial charge is 0.232 e. The van der Waals surface area contributed by atoms with Crippen LogP contribution in [0.25, 0.3) is 0 Å². The van der Waals surface area contributed by atoms with Crippen LogP contribution in [0.4, 0.5) is 0 Å². The lowest BCUT2D eigenvalue weighted by molar-refractivity contribution is -0.139. The zero-order chi connectivity index (χ0) is 16.8. The number of rotatable bonds is 6. The first-order valence-electron chi connectivity index (χ1n) is 7.95. The van der Waals surface area contributed by atoms with Gasteiger partial charge in [-0.15, -0.1) is 0 Å². The topological polar surface area (TPSA) is 66.5 Å². The summed E-state index contributed by atoms with van der Waals surface area (Å²) in [5, 5.41) is 2.60. The predicted molar refractivity (Wildman–Crippen MR) is 85.7 cm³/mol. The molecular weight excluding hydrogens is 268 g/mol. The molecule has 5 heteroatoms. The van der Waals surface area contributed by atoms with E-state index in [0.29, 0.717) is 18.9 Å². The van der Waals surface area contributed by atoms with Gasteiger partial charge in [0.1, 0.15) is 0 Å². The quantitative estimate of drug-likeness (QED) is 0.466. The minimum Gasteiger partial charge on any atom is -0.359 e. The maximum absolute atomic E-state index is 11.2. The lowest BCUT2D eigenvalue weighted by atomic mass is 10.1. The highest BCUT2D eigenvalue weighted by Crippen LogP contribution is 2.18. The number of likely N-dealkylation sites (tertiary alicyclic amines) is 1. The van der Waals surface area contributed by atoms with Gasteiger partial charge in [-0.1, -0.05) is 41.5 Å². The van der Waals surface area contributed by atoms with Crippen molar-refractivity contribution in [3.8, 4) is 0 Å². The number of hydrogen-bond donors (Lipinski definition) is 1. The van der Waals surface area contributed by atoms with Crippen LogP contribution in [0.2, 0.25) is 0 Å². The molecule has 21 heavy (non-hydrogen) atoms. The van der Waals surface area contributed by atoms with Gasteiger partial charge in [0.25, 0.3) is 0 Å². The lowest BCUT2D eigenvalue weighted by Crippen LogP contribution is -2.30. The molecule has 3 amide bonds. The van der Waals surface area contributed by atoms with Crippen LogP contribution < -0.4 is 5.32 Å². The summed E-state index contributed by atoms with van der Waals surface area (Å²) in [6, 6.07) is 0. The van der Waals surface area contributed by atoms with Gasteiger partial charge in [0.15, 0.2) is 0 Å². The van der Waals surface area contributed by atoms with Crippen LogP contribution in [0.5, 0.6) is 0 Å². The SMILES string of the molecule is CC.CC(C)CCNC=O.CCCN1C(=O)CC(C)C1=O. The molecule has 124 valence electrons. The number of carbonyl (C=O) groups is 3. The van der Waals surface area contributed by atoms with Gasteiger partial charge in [-0.25, -0.2) is 0 Å². The minimum atomic E-state index is -0.0888. The number of hydrogen-bond acceptors (Lipinski definition) is 3. The van der Waals surface area contributed by atoms with Gasteiger partial charge in [0, 0.05) is 25.4 Å². The standard InChI is InChI=1S/C8H13NO2.C6H13NO.C2H6/c1-3-4-9-7(10)5-6(2)8(9)11;1-6(2)3-4-7-5-8;1-2/h6H,3-5H2,1-2H3;5-6H,3-4H2,1-2H3,(H,7,8);1-2H3. The Morgan fingerprint density at radius 2 is 1.90 bits per heavy atom. The molecule has 0 saturated carbocycles. The minimum absolute atomic E-state index is 0.00292. The van der Waals surface area contributed by atoms with Crippen LogP contribution in [0.15, 0.2) is 0 Å². The summed E-state index contributed by atoms with van der Waals surface area (Å²) >= 11 is 0. The summed E-state index contributed by atoms with van der Waals surface area (Å²) in [6.45, 7) is 13.4. The first-order valence-corrected chi connectivity index (χ1v) is 7.95. The third kappa shape index (κ3) is 10.0. The van der Waals surface area contributed by atoms with E-state index < -0.39 is 0 Å². The van der Waals surface area contributed by atoms with Crippen molar-refractivity contribution in [1.82, 2.24) is 10.2 Å². The highest BCUT2D eigenvalue weighted by molar-refractivity contribution is 6.03. The number of imide groups is 1. The molecule has 0 aliphatic carbocycles. The molecule has 1 heterocycles. The fourth-order valence-electron chi connectivity index (χ4n) is 1.74. The van der Waals surface area contributed by atoms with Gasteiger partial charge in [-0.05, 0) is 18.8 Å². The second-order valence-electron chi connectivity index (χ2n) is 5.24. The Morgan fingerprint density at radius 1 is 1.33 bits per heavy atom. The number of amides is 3. The predicted octanol–water partition coefficient (Wildman–Crippen LogP) is 2.60. The summed E-state index contributed by atoms with van der Waals surface area (Å²) in [7, 11) is 0. The van der Waals surface area contributed by atoms with E-state index in [9.17, 15) is 14.4 Å². The molecule has 0 aromatic carbocycles. The summed E-state index contributed by atoms with van der Waals surface area (Å²) in [5.74, 6) is 0.581.